The predicted octanol–water partition coefficient (Wildman–Crippen LogP) is 1.66. The Balaban J connectivity index is 2.29. The second-order valence-corrected chi connectivity index (χ2v) is 4.53. The third kappa shape index (κ3) is 2.76. The number of benzene rings is 1. The van der Waals surface area contributed by atoms with Crippen LogP contribution in [0.1, 0.15) is 30.6 Å². The maximum absolute atomic E-state index is 12.1. The number of carbonyl (C=O) groups is 1. The Labute approximate surface area is 102 Å². The van der Waals surface area contributed by atoms with E-state index < -0.39 is 0 Å². The molecule has 4 heteroatoms. The first kappa shape index (κ1) is 12.3. The molecule has 0 amide bonds. The molecule has 17 heavy (non-hydrogen) atoms. The molecule has 1 aromatic rings. The number of Topliss-reactive ketones (excluding diaryl/α,β-unsaturated/α-hetero) is 1. The van der Waals surface area contributed by atoms with E-state index >= 15 is 0 Å². The zero-order valence-corrected chi connectivity index (χ0v) is 10.3. The average Bonchev–Trinajstić information content (AvgIpc) is 2.39. The van der Waals surface area contributed by atoms with Gasteiger partial charge in [-0.2, -0.15) is 0 Å². The maximum Gasteiger partial charge on any atom is 0.494 e. The van der Waals surface area contributed by atoms with E-state index in [0.717, 1.165) is 17.4 Å². The van der Waals surface area contributed by atoms with Gasteiger partial charge in [-0.3, -0.25) is 4.79 Å². The van der Waals surface area contributed by atoms with Gasteiger partial charge >= 0.3 is 7.12 Å². The monoisotopic (exact) mass is 232 g/mol. The van der Waals surface area contributed by atoms with Crippen LogP contribution in [0.25, 0.3) is 0 Å². The molecule has 0 bridgehead atoms. The standard InChI is InChI=1S/C13H17BO3/c1-10(2)13(15)11-6-3-4-7-12(11)14-16-8-5-9-17-14/h3-4,6-7,10H,5,8-9H2,1-2H3. The van der Waals surface area contributed by atoms with E-state index in [4.69, 9.17) is 9.31 Å². The Kier molecular flexibility index (Phi) is 3.97. The van der Waals surface area contributed by atoms with Crippen LogP contribution >= 0.6 is 0 Å². The van der Waals surface area contributed by atoms with Gasteiger partial charge in [-0.05, 0) is 11.9 Å². The van der Waals surface area contributed by atoms with Crippen molar-refractivity contribution in [1.82, 2.24) is 0 Å². The smallest absolute Gasteiger partial charge is 0.407 e. The summed E-state index contributed by atoms with van der Waals surface area (Å²) in [5.41, 5.74) is 1.57. The highest BCUT2D eigenvalue weighted by Gasteiger charge is 2.29. The fourth-order valence-electron chi connectivity index (χ4n) is 1.91. The molecule has 0 aliphatic carbocycles. The van der Waals surface area contributed by atoms with Gasteiger partial charge in [-0.25, -0.2) is 0 Å². The summed E-state index contributed by atoms with van der Waals surface area (Å²) < 4.78 is 11.1. The van der Waals surface area contributed by atoms with E-state index in [0.29, 0.717) is 13.2 Å². The van der Waals surface area contributed by atoms with Crippen molar-refractivity contribution in [3.8, 4) is 0 Å². The summed E-state index contributed by atoms with van der Waals surface area (Å²) in [6, 6.07) is 7.54. The maximum atomic E-state index is 12.1. The summed E-state index contributed by atoms with van der Waals surface area (Å²) >= 11 is 0. The second kappa shape index (κ2) is 5.47. The van der Waals surface area contributed by atoms with Gasteiger partial charge in [0.25, 0.3) is 0 Å². The predicted molar refractivity (Wildman–Crippen MR) is 67.5 cm³/mol. The quantitative estimate of drug-likeness (QED) is 0.587. The summed E-state index contributed by atoms with van der Waals surface area (Å²) in [4.78, 5) is 12.1. The largest absolute Gasteiger partial charge is 0.494 e. The van der Waals surface area contributed by atoms with Crippen molar-refractivity contribution in [2.45, 2.75) is 20.3 Å². The van der Waals surface area contributed by atoms with Gasteiger partial charge in [0.15, 0.2) is 5.78 Å². The Hall–Kier alpha value is -1.13. The van der Waals surface area contributed by atoms with Crippen LogP contribution in [0.3, 0.4) is 0 Å². The molecule has 2 rings (SSSR count). The molecule has 3 nitrogen and oxygen atoms in total. The van der Waals surface area contributed by atoms with Crippen LogP contribution in [0.2, 0.25) is 0 Å². The molecule has 0 radical (unpaired) electrons. The summed E-state index contributed by atoms with van der Waals surface area (Å²) in [7, 11) is -0.386. The highest BCUT2D eigenvalue weighted by Crippen LogP contribution is 2.10. The van der Waals surface area contributed by atoms with E-state index in [1.54, 1.807) is 0 Å². The molecule has 0 aromatic heterocycles. The molecule has 0 N–H and O–H groups in total. The second-order valence-electron chi connectivity index (χ2n) is 4.53. The van der Waals surface area contributed by atoms with Gasteiger partial charge in [0.05, 0.1) is 0 Å². The molecule has 1 heterocycles. The molecule has 0 saturated carbocycles. The van der Waals surface area contributed by atoms with Gasteiger partial charge < -0.3 is 9.31 Å². The minimum Gasteiger partial charge on any atom is -0.407 e. The van der Waals surface area contributed by atoms with Crippen LogP contribution in [0.15, 0.2) is 24.3 Å². The van der Waals surface area contributed by atoms with Crippen LogP contribution < -0.4 is 5.46 Å². The number of hydrogen-bond donors (Lipinski definition) is 0. The van der Waals surface area contributed by atoms with Crippen molar-refractivity contribution in [3.05, 3.63) is 29.8 Å². The number of rotatable bonds is 3. The lowest BCUT2D eigenvalue weighted by atomic mass is 9.73. The third-order valence-electron chi connectivity index (χ3n) is 2.83. The van der Waals surface area contributed by atoms with Crippen LogP contribution in [-0.2, 0) is 9.31 Å². The Morgan fingerprint density at radius 1 is 1.24 bits per heavy atom. The number of hydrogen-bond acceptors (Lipinski definition) is 3. The molecule has 1 aromatic carbocycles. The van der Waals surface area contributed by atoms with Gasteiger partial charge in [0.1, 0.15) is 0 Å². The van der Waals surface area contributed by atoms with Crippen molar-refractivity contribution in [3.63, 3.8) is 0 Å². The third-order valence-corrected chi connectivity index (χ3v) is 2.83. The molecule has 1 saturated heterocycles. The molecule has 1 aliphatic heterocycles. The zero-order chi connectivity index (χ0) is 12.3. The average molecular weight is 232 g/mol. The number of ketones is 1. The molecular weight excluding hydrogens is 215 g/mol. The Bertz CT molecular complexity index is 397. The Morgan fingerprint density at radius 3 is 2.53 bits per heavy atom. The molecule has 0 spiro atoms. The first-order chi connectivity index (χ1) is 8.20. The minimum absolute atomic E-state index is 0.0141. The van der Waals surface area contributed by atoms with Crippen molar-refractivity contribution in [2.24, 2.45) is 5.92 Å². The topological polar surface area (TPSA) is 35.5 Å². The summed E-state index contributed by atoms with van der Waals surface area (Å²) in [5, 5.41) is 0. The molecule has 90 valence electrons. The molecular formula is C13H17BO3. The van der Waals surface area contributed by atoms with Crippen LogP contribution in [0.4, 0.5) is 0 Å². The van der Waals surface area contributed by atoms with Crippen molar-refractivity contribution in [2.75, 3.05) is 13.2 Å². The fourth-order valence-corrected chi connectivity index (χ4v) is 1.91. The number of carbonyl (C=O) groups excluding carboxylic acids is 1. The van der Waals surface area contributed by atoms with E-state index in [1.807, 2.05) is 38.1 Å². The lowest BCUT2D eigenvalue weighted by Gasteiger charge is -2.22. The van der Waals surface area contributed by atoms with E-state index in [-0.39, 0.29) is 18.8 Å². The SMILES string of the molecule is CC(C)C(=O)c1ccccc1B1OCCCO1. The van der Waals surface area contributed by atoms with E-state index in [2.05, 4.69) is 0 Å². The molecule has 0 atom stereocenters. The fraction of sp³-hybridized carbons (Fsp3) is 0.462. The first-order valence-corrected chi connectivity index (χ1v) is 6.06. The van der Waals surface area contributed by atoms with Crippen LogP contribution in [0, 0.1) is 5.92 Å². The van der Waals surface area contributed by atoms with E-state index in [9.17, 15) is 4.79 Å². The minimum atomic E-state index is -0.386. The zero-order valence-electron chi connectivity index (χ0n) is 10.3. The summed E-state index contributed by atoms with van der Waals surface area (Å²) in [6.45, 7) is 5.19. The summed E-state index contributed by atoms with van der Waals surface area (Å²) in [5.74, 6) is 0.123. The first-order valence-electron chi connectivity index (χ1n) is 6.06. The van der Waals surface area contributed by atoms with Crippen molar-refractivity contribution in [1.29, 1.82) is 0 Å². The van der Waals surface area contributed by atoms with Crippen molar-refractivity contribution >= 4 is 18.4 Å². The van der Waals surface area contributed by atoms with Gasteiger partial charge in [-0.1, -0.05) is 38.1 Å². The molecule has 1 fully saturated rings. The van der Waals surface area contributed by atoms with Crippen LogP contribution in [-0.4, -0.2) is 26.1 Å². The highest BCUT2D eigenvalue weighted by molar-refractivity contribution is 6.63. The van der Waals surface area contributed by atoms with Crippen molar-refractivity contribution < 1.29 is 14.1 Å². The lowest BCUT2D eigenvalue weighted by Crippen LogP contribution is -2.43. The lowest BCUT2D eigenvalue weighted by molar-refractivity contribution is 0.0938. The van der Waals surface area contributed by atoms with E-state index in [1.165, 1.54) is 0 Å². The Morgan fingerprint density at radius 2 is 1.88 bits per heavy atom. The molecule has 1 aliphatic rings. The van der Waals surface area contributed by atoms with Gasteiger partial charge in [-0.15, -0.1) is 0 Å². The van der Waals surface area contributed by atoms with Gasteiger partial charge in [0, 0.05) is 24.7 Å². The highest BCUT2D eigenvalue weighted by atomic mass is 16.6. The van der Waals surface area contributed by atoms with Crippen LogP contribution in [0.5, 0.6) is 0 Å². The summed E-state index contributed by atoms with van der Waals surface area (Å²) in [6.07, 6.45) is 0.913. The normalized spacial score (nSPS) is 16.3. The van der Waals surface area contributed by atoms with Gasteiger partial charge in [0.2, 0.25) is 0 Å². The molecule has 0 unspecified atom stereocenters.